The minimum absolute atomic E-state index is 0.00114. The average molecular weight is 285 g/mol. The average Bonchev–Trinajstić information content (AvgIpc) is 2.43. The van der Waals surface area contributed by atoms with Crippen LogP contribution in [-0.4, -0.2) is 46.9 Å². The van der Waals surface area contributed by atoms with E-state index < -0.39 is 10.0 Å². The quantitative estimate of drug-likeness (QED) is 0.750. The van der Waals surface area contributed by atoms with Crippen LogP contribution < -0.4 is 4.72 Å². The molecule has 19 heavy (non-hydrogen) atoms. The van der Waals surface area contributed by atoms with Crippen molar-refractivity contribution in [3.63, 3.8) is 0 Å². The van der Waals surface area contributed by atoms with Crippen molar-refractivity contribution in [2.24, 2.45) is 0 Å². The summed E-state index contributed by atoms with van der Waals surface area (Å²) in [6.07, 6.45) is 0.769. The molecule has 1 heterocycles. The lowest BCUT2D eigenvalue weighted by molar-refractivity contribution is 0.0320. The number of nitrogens with one attached hydrogen (secondary N) is 1. The maximum absolute atomic E-state index is 11.9. The van der Waals surface area contributed by atoms with Gasteiger partial charge in [0.15, 0.2) is 0 Å². The van der Waals surface area contributed by atoms with Gasteiger partial charge in [0.05, 0.1) is 12.7 Å². The molecule has 0 aliphatic rings. The molecular weight excluding hydrogens is 270 g/mol. The van der Waals surface area contributed by atoms with Crippen molar-refractivity contribution < 1.29 is 17.9 Å². The second-order valence-electron chi connectivity index (χ2n) is 3.66. The molecule has 0 aromatic carbocycles. The number of sulfonamides is 1. The topological polar surface area (TPSA) is 101 Å². The molecule has 1 aromatic heterocycles. The van der Waals surface area contributed by atoms with Crippen molar-refractivity contribution in [3.8, 4) is 6.07 Å². The maximum Gasteiger partial charge on any atom is 0.242 e. The molecule has 0 radical (unpaired) electrons. The zero-order valence-corrected chi connectivity index (χ0v) is 11.5. The lowest BCUT2D eigenvalue weighted by Gasteiger charge is -2.15. The summed E-state index contributed by atoms with van der Waals surface area (Å²) in [5, 5.41) is 8.59. The summed E-state index contributed by atoms with van der Waals surface area (Å²) < 4.78 is 36.2. The molecule has 1 aromatic rings. The van der Waals surface area contributed by atoms with Crippen LogP contribution >= 0.6 is 0 Å². The summed E-state index contributed by atoms with van der Waals surface area (Å²) in [5.74, 6) is 0. The summed E-state index contributed by atoms with van der Waals surface area (Å²) in [6.45, 7) is 0.372. The van der Waals surface area contributed by atoms with Gasteiger partial charge in [0.2, 0.25) is 10.0 Å². The minimum Gasteiger partial charge on any atom is -0.382 e. The number of pyridine rings is 1. The molecule has 0 aliphatic heterocycles. The first kappa shape index (κ1) is 15.5. The van der Waals surface area contributed by atoms with Gasteiger partial charge in [-0.3, -0.25) is 0 Å². The predicted molar refractivity (Wildman–Crippen MR) is 66.8 cm³/mol. The predicted octanol–water partition coefficient (Wildman–Crippen LogP) is -0.107. The summed E-state index contributed by atoms with van der Waals surface area (Å²) >= 11 is 0. The fraction of sp³-hybridized carbons (Fsp3) is 0.455. The molecule has 104 valence electrons. The van der Waals surface area contributed by atoms with Gasteiger partial charge in [-0.25, -0.2) is 18.1 Å². The minimum atomic E-state index is -3.67. The van der Waals surface area contributed by atoms with Crippen LogP contribution in [-0.2, 0) is 19.5 Å². The molecule has 0 saturated heterocycles. The van der Waals surface area contributed by atoms with E-state index in [-0.39, 0.29) is 29.8 Å². The lowest BCUT2D eigenvalue weighted by Crippen LogP contribution is -2.35. The van der Waals surface area contributed by atoms with Gasteiger partial charge >= 0.3 is 0 Å². The van der Waals surface area contributed by atoms with Crippen LogP contribution in [0.1, 0.15) is 5.69 Å². The Balaban J connectivity index is 2.72. The van der Waals surface area contributed by atoms with Gasteiger partial charge in [0.25, 0.3) is 0 Å². The van der Waals surface area contributed by atoms with Crippen molar-refractivity contribution in [2.45, 2.75) is 11.0 Å². The summed E-state index contributed by atoms with van der Waals surface area (Å²) in [5.41, 5.74) is 0.160. The molecule has 1 unspecified atom stereocenters. The molecule has 8 heteroatoms. The molecule has 0 fully saturated rings. The number of methoxy groups -OCH3 is 2. The van der Waals surface area contributed by atoms with Gasteiger partial charge in [-0.1, -0.05) is 0 Å². The second kappa shape index (κ2) is 7.16. The van der Waals surface area contributed by atoms with Gasteiger partial charge in [-0.05, 0) is 12.1 Å². The molecule has 1 N–H and O–H groups in total. The third-order valence-corrected chi connectivity index (χ3v) is 3.76. The van der Waals surface area contributed by atoms with E-state index in [2.05, 4.69) is 9.71 Å². The standard InChI is InChI=1S/C11H15N3O4S/c1-17-8-10(18-2)6-14-19(15,16)11-4-3-9(5-12)13-7-11/h3-4,7,10,14H,6,8H2,1-2H3. The van der Waals surface area contributed by atoms with E-state index in [0.29, 0.717) is 0 Å². The van der Waals surface area contributed by atoms with E-state index in [0.717, 1.165) is 6.20 Å². The number of rotatable bonds is 7. The molecule has 1 atom stereocenters. The van der Waals surface area contributed by atoms with E-state index in [9.17, 15) is 8.42 Å². The fourth-order valence-electron chi connectivity index (χ4n) is 1.29. The summed E-state index contributed by atoms with van der Waals surface area (Å²) in [7, 11) is -0.688. The highest BCUT2D eigenvalue weighted by atomic mass is 32.2. The Morgan fingerprint density at radius 2 is 2.21 bits per heavy atom. The van der Waals surface area contributed by atoms with Crippen molar-refractivity contribution in [1.29, 1.82) is 5.26 Å². The van der Waals surface area contributed by atoms with E-state index in [1.807, 2.05) is 6.07 Å². The van der Waals surface area contributed by atoms with Crippen molar-refractivity contribution in [3.05, 3.63) is 24.0 Å². The molecule has 0 bridgehead atoms. The third-order valence-electron chi connectivity index (χ3n) is 2.35. The maximum atomic E-state index is 11.9. The molecule has 0 aliphatic carbocycles. The molecule has 0 spiro atoms. The molecule has 1 rings (SSSR count). The van der Waals surface area contributed by atoms with Gasteiger partial charge in [0.1, 0.15) is 16.7 Å². The highest BCUT2D eigenvalue weighted by Crippen LogP contribution is 2.07. The third kappa shape index (κ3) is 4.57. The Labute approximate surface area is 112 Å². The Bertz CT molecular complexity index is 536. The highest BCUT2D eigenvalue weighted by Gasteiger charge is 2.17. The van der Waals surface area contributed by atoms with Crippen LogP contribution in [0.25, 0.3) is 0 Å². The Hall–Kier alpha value is -1.53. The molecule has 7 nitrogen and oxygen atoms in total. The Kier molecular flexibility index (Phi) is 5.85. The van der Waals surface area contributed by atoms with Gasteiger partial charge in [-0.15, -0.1) is 0 Å². The van der Waals surface area contributed by atoms with Crippen LogP contribution in [0.3, 0.4) is 0 Å². The van der Waals surface area contributed by atoms with E-state index in [1.165, 1.54) is 26.4 Å². The van der Waals surface area contributed by atoms with Crippen LogP contribution in [0, 0.1) is 11.3 Å². The number of nitriles is 1. The molecule has 0 amide bonds. The smallest absolute Gasteiger partial charge is 0.242 e. The first-order valence-electron chi connectivity index (χ1n) is 5.41. The highest BCUT2D eigenvalue weighted by molar-refractivity contribution is 7.89. The van der Waals surface area contributed by atoms with Crippen LogP contribution in [0.5, 0.6) is 0 Å². The molecule has 0 saturated carbocycles. The van der Waals surface area contributed by atoms with E-state index in [1.54, 1.807) is 0 Å². The summed E-state index contributed by atoms with van der Waals surface area (Å²) in [4.78, 5) is 3.71. The summed E-state index contributed by atoms with van der Waals surface area (Å²) in [6, 6.07) is 4.49. The largest absolute Gasteiger partial charge is 0.382 e. The van der Waals surface area contributed by atoms with Crippen LogP contribution in [0.4, 0.5) is 0 Å². The Morgan fingerprint density at radius 1 is 1.47 bits per heavy atom. The Morgan fingerprint density at radius 3 is 2.68 bits per heavy atom. The zero-order chi connectivity index (χ0) is 14.3. The van der Waals surface area contributed by atoms with Crippen LogP contribution in [0.15, 0.2) is 23.2 Å². The first-order chi connectivity index (χ1) is 9.03. The zero-order valence-electron chi connectivity index (χ0n) is 10.7. The van der Waals surface area contributed by atoms with Gasteiger partial charge < -0.3 is 9.47 Å². The number of hydrogen-bond donors (Lipinski definition) is 1. The SMILES string of the molecule is COCC(CNS(=O)(=O)c1ccc(C#N)nc1)OC. The van der Waals surface area contributed by atoms with Gasteiger partial charge in [-0.2, -0.15) is 5.26 Å². The monoisotopic (exact) mass is 285 g/mol. The van der Waals surface area contributed by atoms with Crippen molar-refractivity contribution in [1.82, 2.24) is 9.71 Å². The number of nitrogens with zero attached hydrogens (tertiary/aromatic N) is 2. The van der Waals surface area contributed by atoms with E-state index >= 15 is 0 Å². The second-order valence-corrected chi connectivity index (χ2v) is 5.42. The first-order valence-corrected chi connectivity index (χ1v) is 6.89. The normalized spacial score (nSPS) is 12.9. The van der Waals surface area contributed by atoms with E-state index in [4.69, 9.17) is 14.7 Å². The van der Waals surface area contributed by atoms with Crippen LogP contribution in [0.2, 0.25) is 0 Å². The molecular formula is C11H15N3O4S. The van der Waals surface area contributed by atoms with Crippen molar-refractivity contribution in [2.75, 3.05) is 27.4 Å². The number of hydrogen-bond acceptors (Lipinski definition) is 6. The number of aromatic nitrogens is 1. The number of ether oxygens (including phenoxy) is 2. The van der Waals surface area contributed by atoms with Gasteiger partial charge in [0, 0.05) is 27.0 Å². The lowest BCUT2D eigenvalue weighted by atomic mass is 10.4. The van der Waals surface area contributed by atoms with Crippen molar-refractivity contribution >= 4 is 10.0 Å². The fourth-order valence-corrected chi connectivity index (χ4v) is 2.30.